The number of rotatable bonds is 5. The molecule has 1 saturated heterocycles. The number of ether oxygens (including phenoxy) is 2. The molecule has 9 heteroatoms. The topological polar surface area (TPSA) is 94.8 Å². The summed E-state index contributed by atoms with van der Waals surface area (Å²) in [5.74, 6) is 0.680. The Morgan fingerprint density at radius 2 is 1.97 bits per heavy atom. The van der Waals surface area contributed by atoms with Gasteiger partial charge in [-0.1, -0.05) is 0 Å². The molecule has 0 radical (unpaired) electrons. The number of likely N-dealkylation sites (tertiary alicyclic amines) is 1. The largest absolute Gasteiger partial charge is 0.456 e. The summed E-state index contributed by atoms with van der Waals surface area (Å²) in [6, 6.07) is 9.52. The maximum atomic E-state index is 12.2. The second-order valence-corrected chi connectivity index (χ2v) is 10.1. The number of pyridine rings is 1. The number of hydrogen-bond donors (Lipinski definition) is 1. The highest BCUT2D eigenvalue weighted by Gasteiger charge is 2.20. The van der Waals surface area contributed by atoms with E-state index in [1.165, 1.54) is 29.1 Å². The van der Waals surface area contributed by atoms with Crippen LogP contribution in [0.25, 0.3) is 20.3 Å². The van der Waals surface area contributed by atoms with Gasteiger partial charge in [0.25, 0.3) is 0 Å². The summed E-state index contributed by atoms with van der Waals surface area (Å²) in [6.45, 7) is 5.06. The molecule has 164 valence electrons. The first-order chi connectivity index (χ1) is 15.5. The van der Waals surface area contributed by atoms with Gasteiger partial charge in [0.2, 0.25) is 0 Å². The van der Waals surface area contributed by atoms with E-state index < -0.39 is 12.1 Å². The Hall–Kier alpha value is -3.01. The highest BCUT2D eigenvalue weighted by molar-refractivity contribution is 7.19. The van der Waals surface area contributed by atoms with Gasteiger partial charge >= 0.3 is 12.1 Å². The van der Waals surface area contributed by atoms with Crippen LogP contribution >= 0.6 is 22.7 Å². The van der Waals surface area contributed by atoms with Crippen molar-refractivity contribution in [3.63, 3.8) is 0 Å². The molecule has 7 nitrogen and oxygen atoms in total. The number of benzene rings is 1. The lowest BCUT2D eigenvalue weighted by atomic mass is 10.1. The molecule has 1 fully saturated rings. The molecule has 32 heavy (non-hydrogen) atoms. The summed E-state index contributed by atoms with van der Waals surface area (Å²) >= 11 is 3.15. The standard InChI is InChI=1S/C23H21N3O4S2/c1-13-20(22(27)30-23(24)28)16-5-4-14(10-19(16)31-13)29-18-6-7-25-17-11-15(32-21(17)18)12-26-8-2-3-9-26/h4-7,10-11H,2-3,8-9,12H2,1H3,(H2,24,28). The molecule has 3 aromatic heterocycles. The fourth-order valence-corrected chi connectivity index (χ4v) is 6.26. The molecular formula is C23H21N3O4S2. The SMILES string of the molecule is Cc1sc2cc(Oc3ccnc4cc(CN5CCCC5)sc34)ccc2c1C(=O)OC(N)=O. The Bertz CT molecular complexity index is 1340. The van der Waals surface area contributed by atoms with E-state index in [2.05, 4.69) is 20.7 Å². The van der Waals surface area contributed by atoms with Gasteiger partial charge in [0.15, 0.2) is 0 Å². The average molecular weight is 468 g/mol. The predicted molar refractivity (Wildman–Crippen MR) is 126 cm³/mol. The Morgan fingerprint density at radius 1 is 1.16 bits per heavy atom. The molecule has 2 N–H and O–H groups in total. The second-order valence-electron chi connectivity index (χ2n) is 7.72. The maximum absolute atomic E-state index is 12.2. The molecule has 1 amide bonds. The number of aryl methyl sites for hydroxylation is 1. The quantitative estimate of drug-likeness (QED) is 0.310. The van der Waals surface area contributed by atoms with Crippen LogP contribution < -0.4 is 10.5 Å². The molecule has 1 aliphatic rings. The minimum atomic E-state index is -1.12. The van der Waals surface area contributed by atoms with Gasteiger partial charge in [0.1, 0.15) is 11.5 Å². The van der Waals surface area contributed by atoms with Crippen LogP contribution in [0.15, 0.2) is 36.5 Å². The van der Waals surface area contributed by atoms with Crippen LogP contribution in [0.5, 0.6) is 11.5 Å². The molecule has 4 heterocycles. The number of nitrogens with zero attached hydrogens (tertiary/aromatic N) is 2. The summed E-state index contributed by atoms with van der Waals surface area (Å²) in [5, 5.41) is 0.704. The first-order valence-electron chi connectivity index (χ1n) is 10.3. The Balaban J connectivity index is 1.43. The van der Waals surface area contributed by atoms with Gasteiger partial charge in [0.05, 0.1) is 15.8 Å². The smallest absolute Gasteiger partial charge is 0.412 e. The lowest BCUT2D eigenvalue weighted by Crippen LogP contribution is -2.18. The summed E-state index contributed by atoms with van der Waals surface area (Å²) < 4.78 is 12.7. The summed E-state index contributed by atoms with van der Waals surface area (Å²) in [7, 11) is 0. The van der Waals surface area contributed by atoms with Crippen molar-refractivity contribution in [2.45, 2.75) is 26.3 Å². The normalized spacial score (nSPS) is 14.3. The third-order valence-electron chi connectivity index (χ3n) is 5.47. The molecule has 0 aliphatic carbocycles. The fourth-order valence-electron chi connectivity index (χ4n) is 4.07. The van der Waals surface area contributed by atoms with Gasteiger partial charge in [-0.3, -0.25) is 9.88 Å². The third-order valence-corrected chi connectivity index (χ3v) is 7.66. The number of esters is 1. The average Bonchev–Trinajstić information content (AvgIpc) is 3.45. The van der Waals surface area contributed by atoms with Gasteiger partial charge in [-0.25, -0.2) is 9.59 Å². The van der Waals surface area contributed by atoms with E-state index in [9.17, 15) is 9.59 Å². The van der Waals surface area contributed by atoms with E-state index >= 15 is 0 Å². The van der Waals surface area contributed by atoms with Crippen molar-refractivity contribution in [2.24, 2.45) is 5.73 Å². The predicted octanol–water partition coefficient (Wildman–Crippen LogP) is 5.44. The van der Waals surface area contributed by atoms with Crippen molar-refractivity contribution in [3.8, 4) is 11.5 Å². The molecule has 1 aromatic carbocycles. The van der Waals surface area contributed by atoms with Gasteiger partial charge in [-0.15, -0.1) is 22.7 Å². The van der Waals surface area contributed by atoms with E-state index in [4.69, 9.17) is 10.5 Å². The number of primary amides is 1. The number of carbonyl (C=O) groups excluding carboxylic acids is 2. The molecule has 0 spiro atoms. The number of thiophene rings is 2. The van der Waals surface area contributed by atoms with Crippen molar-refractivity contribution in [3.05, 3.63) is 51.8 Å². The van der Waals surface area contributed by atoms with E-state index in [-0.39, 0.29) is 0 Å². The molecule has 5 rings (SSSR count). The molecule has 1 aliphatic heterocycles. The number of hydrogen-bond acceptors (Lipinski definition) is 8. The van der Waals surface area contributed by atoms with Crippen molar-refractivity contribution in [2.75, 3.05) is 13.1 Å². The first-order valence-corrected chi connectivity index (χ1v) is 11.9. The van der Waals surface area contributed by atoms with E-state index in [0.29, 0.717) is 16.7 Å². The third kappa shape index (κ3) is 4.06. The van der Waals surface area contributed by atoms with Crippen LogP contribution in [-0.2, 0) is 11.3 Å². The zero-order valence-corrected chi connectivity index (χ0v) is 19.1. The highest BCUT2D eigenvalue weighted by Crippen LogP contribution is 2.38. The monoisotopic (exact) mass is 467 g/mol. The lowest BCUT2D eigenvalue weighted by molar-refractivity contribution is 0.0640. The van der Waals surface area contributed by atoms with Gasteiger partial charge < -0.3 is 15.2 Å². The Labute approximate surface area is 192 Å². The van der Waals surface area contributed by atoms with Crippen LogP contribution in [0.3, 0.4) is 0 Å². The van der Waals surface area contributed by atoms with Crippen LogP contribution in [0.2, 0.25) is 0 Å². The minimum absolute atomic E-state index is 0.353. The highest BCUT2D eigenvalue weighted by atomic mass is 32.1. The van der Waals surface area contributed by atoms with Crippen LogP contribution in [0, 0.1) is 6.92 Å². The molecule has 4 aromatic rings. The Kier molecular flexibility index (Phi) is 5.54. The summed E-state index contributed by atoms with van der Waals surface area (Å²) in [5.41, 5.74) is 6.28. The number of nitrogens with two attached hydrogens (primary N) is 1. The van der Waals surface area contributed by atoms with Crippen molar-refractivity contribution in [1.82, 2.24) is 9.88 Å². The number of fused-ring (bicyclic) bond motifs is 2. The van der Waals surface area contributed by atoms with Crippen molar-refractivity contribution < 1.29 is 19.1 Å². The lowest BCUT2D eigenvalue weighted by Gasteiger charge is -2.12. The van der Waals surface area contributed by atoms with Gasteiger partial charge in [0, 0.05) is 38.6 Å². The zero-order valence-electron chi connectivity index (χ0n) is 17.4. The molecule has 0 saturated carbocycles. The minimum Gasteiger partial charge on any atom is -0.456 e. The van der Waals surface area contributed by atoms with Crippen molar-refractivity contribution in [1.29, 1.82) is 0 Å². The maximum Gasteiger partial charge on any atom is 0.412 e. The fraction of sp³-hybridized carbons (Fsp3) is 0.261. The Morgan fingerprint density at radius 3 is 2.75 bits per heavy atom. The van der Waals surface area contributed by atoms with E-state index in [0.717, 1.165) is 45.2 Å². The second kappa shape index (κ2) is 8.50. The van der Waals surface area contributed by atoms with Gasteiger partial charge in [-0.2, -0.15) is 0 Å². The number of aromatic nitrogens is 1. The molecule has 0 bridgehead atoms. The molecule has 0 atom stereocenters. The first kappa shape index (κ1) is 20.9. The number of carbonyl (C=O) groups is 2. The van der Waals surface area contributed by atoms with Crippen LogP contribution in [-0.4, -0.2) is 35.0 Å². The van der Waals surface area contributed by atoms with Gasteiger partial charge in [-0.05, 0) is 57.1 Å². The molecular weight excluding hydrogens is 446 g/mol. The van der Waals surface area contributed by atoms with Crippen molar-refractivity contribution >= 4 is 55.0 Å². The van der Waals surface area contributed by atoms with Crippen LogP contribution in [0.1, 0.15) is 33.0 Å². The summed E-state index contributed by atoms with van der Waals surface area (Å²) in [6.07, 6.45) is 3.18. The molecule has 0 unspecified atom stereocenters. The number of amides is 1. The zero-order chi connectivity index (χ0) is 22.2. The van der Waals surface area contributed by atoms with E-state index in [1.807, 2.05) is 19.1 Å². The van der Waals surface area contributed by atoms with Crippen LogP contribution in [0.4, 0.5) is 4.79 Å². The van der Waals surface area contributed by atoms with E-state index in [1.54, 1.807) is 29.7 Å². The summed E-state index contributed by atoms with van der Waals surface area (Å²) in [4.78, 5) is 32.2.